The zero-order valence-corrected chi connectivity index (χ0v) is 21.1. The van der Waals surface area contributed by atoms with Gasteiger partial charge in [-0.15, -0.1) is 0 Å². The number of carbonyl (C=O) groups is 2. The van der Waals surface area contributed by atoms with Gasteiger partial charge in [-0.1, -0.05) is 24.3 Å². The first-order chi connectivity index (χ1) is 18.4. The van der Waals surface area contributed by atoms with Crippen molar-refractivity contribution in [3.8, 4) is 5.75 Å². The van der Waals surface area contributed by atoms with E-state index in [2.05, 4.69) is 0 Å². The van der Waals surface area contributed by atoms with Crippen molar-refractivity contribution in [1.29, 1.82) is 0 Å². The monoisotopic (exact) mass is 521 g/mol. The molecule has 4 nitrogen and oxygen atoms in total. The number of Topliss-reactive ketones (excluding diaryl/α,β-unsaturated/α-hetero) is 1. The van der Waals surface area contributed by atoms with Gasteiger partial charge in [0.2, 0.25) is 0 Å². The molecule has 3 aromatic carbocycles. The first-order valence-electron chi connectivity index (χ1n) is 13.1. The number of benzene rings is 3. The highest BCUT2D eigenvalue weighted by molar-refractivity contribution is 5.96. The molecule has 1 aliphatic heterocycles. The smallest absolute Gasteiger partial charge is 0.253 e. The Kier molecular flexibility index (Phi) is 7.82. The summed E-state index contributed by atoms with van der Waals surface area (Å²) in [4.78, 5) is 27.4. The number of hydrogen-bond acceptors (Lipinski definition) is 3. The third-order valence-corrected chi connectivity index (χ3v) is 7.68. The van der Waals surface area contributed by atoms with Gasteiger partial charge in [0.15, 0.2) is 0 Å². The van der Waals surface area contributed by atoms with Crippen molar-refractivity contribution in [3.63, 3.8) is 0 Å². The van der Waals surface area contributed by atoms with E-state index in [1.807, 2.05) is 0 Å². The second-order valence-corrected chi connectivity index (χ2v) is 10.1. The molecule has 1 heterocycles. The van der Waals surface area contributed by atoms with Crippen LogP contribution >= 0.6 is 0 Å². The van der Waals surface area contributed by atoms with Crippen molar-refractivity contribution in [3.05, 3.63) is 100 Å². The third kappa shape index (κ3) is 5.62. The van der Waals surface area contributed by atoms with Crippen LogP contribution in [0.3, 0.4) is 0 Å². The zero-order chi connectivity index (χ0) is 26.6. The first-order valence-corrected chi connectivity index (χ1v) is 13.1. The van der Waals surface area contributed by atoms with E-state index in [1.165, 1.54) is 24.3 Å². The fraction of sp³-hybridized carbons (Fsp3) is 0.355. The Hall–Kier alpha value is -3.61. The fourth-order valence-corrected chi connectivity index (χ4v) is 5.81. The fourth-order valence-electron chi connectivity index (χ4n) is 5.81. The maximum Gasteiger partial charge on any atom is 0.253 e. The second-order valence-electron chi connectivity index (χ2n) is 10.1. The van der Waals surface area contributed by atoms with Gasteiger partial charge in [-0.3, -0.25) is 9.59 Å². The number of carbonyl (C=O) groups excluding carboxylic acids is 2. The zero-order valence-electron chi connectivity index (χ0n) is 21.1. The van der Waals surface area contributed by atoms with Crippen LogP contribution in [0, 0.1) is 17.6 Å². The van der Waals surface area contributed by atoms with Gasteiger partial charge in [0.05, 0.1) is 0 Å². The number of alkyl halides is 1. The van der Waals surface area contributed by atoms with Gasteiger partial charge < -0.3 is 9.64 Å². The maximum atomic E-state index is 13.6. The molecule has 3 aromatic rings. The molecule has 0 aromatic heterocycles. The number of halogens is 3. The predicted octanol–water partition coefficient (Wildman–Crippen LogP) is 6.06. The van der Waals surface area contributed by atoms with Crippen LogP contribution < -0.4 is 4.74 Å². The Bertz CT molecular complexity index is 1250. The van der Waals surface area contributed by atoms with Crippen LogP contribution in [-0.4, -0.2) is 43.0 Å². The molecule has 7 heteroatoms. The lowest BCUT2D eigenvalue weighted by Gasteiger charge is -2.37. The van der Waals surface area contributed by atoms with E-state index < -0.39 is 6.67 Å². The molecular formula is C31H30F3NO3. The minimum absolute atomic E-state index is 0.0519. The van der Waals surface area contributed by atoms with Gasteiger partial charge in [-0.05, 0) is 83.8 Å². The summed E-state index contributed by atoms with van der Waals surface area (Å²) in [7, 11) is 0. The maximum absolute atomic E-state index is 13.6. The average Bonchev–Trinajstić information content (AvgIpc) is 2.93. The summed E-state index contributed by atoms with van der Waals surface area (Å²) in [6.07, 6.45) is 2.65. The number of ether oxygens (including phenoxy) is 1. The molecule has 1 fully saturated rings. The number of fused-ring (bicyclic) bond motifs is 1. The minimum atomic E-state index is -0.636. The number of hydrogen-bond donors (Lipinski definition) is 0. The SMILES string of the molecule is O=C1CCc2c(cc(C(=O)N3CCC(C(c4ccc(F)cc4)c4ccc(F)cc4)CC3)cc2OCCF)C1. The van der Waals surface area contributed by atoms with Gasteiger partial charge in [-0.25, -0.2) is 13.2 Å². The van der Waals surface area contributed by atoms with E-state index in [4.69, 9.17) is 4.74 Å². The molecule has 1 aliphatic carbocycles. The summed E-state index contributed by atoms with van der Waals surface area (Å²) < 4.78 is 45.7. The molecule has 0 N–H and O–H groups in total. The van der Waals surface area contributed by atoms with Crippen molar-refractivity contribution in [2.75, 3.05) is 26.4 Å². The summed E-state index contributed by atoms with van der Waals surface area (Å²) in [6, 6.07) is 16.3. The Labute approximate surface area is 220 Å². The summed E-state index contributed by atoms with van der Waals surface area (Å²) in [6.45, 7) is 0.318. The quantitative estimate of drug-likeness (QED) is 0.380. The molecule has 0 bridgehead atoms. The van der Waals surface area contributed by atoms with Crippen molar-refractivity contribution < 1.29 is 27.5 Å². The number of nitrogens with zero attached hydrogens (tertiary/aromatic N) is 1. The highest BCUT2D eigenvalue weighted by Gasteiger charge is 2.32. The third-order valence-electron chi connectivity index (χ3n) is 7.68. The molecule has 0 saturated carbocycles. The molecule has 5 rings (SSSR count). The average molecular weight is 522 g/mol. The molecule has 0 radical (unpaired) electrons. The molecule has 2 aliphatic rings. The number of ketones is 1. The Morgan fingerprint density at radius 1 is 0.921 bits per heavy atom. The Morgan fingerprint density at radius 2 is 1.53 bits per heavy atom. The van der Waals surface area contributed by atoms with E-state index in [0.717, 1.165) is 35.1 Å². The highest BCUT2D eigenvalue weighted by atomic mass is 19.1. The van der Waals surface area contributed by atoms with Crippen molar-refractivity contribution in [2.45, 2.75) is 38.0 Å². The van der Waals surface area contributed by atoms with Gasteiger partial charge >= 0.3 is 0 Å². The molecule has 0 unspecified atom stereocenters. The number of rotatable bonds is 7. The summed E-state index contributed by atoms with van der Waals surface area (Å²) in [5.74, 6) is -0.0363. The highest BCUT2D eigenvalue weighted by Crippen LogP contribution is 2.39. The van der Waals surface area contributed by atoms with E-state index in [1.54, 1.807) is 41.3 Å². The first kappa shape index (κ1) is 26.0. The van der Waals surface area contributed by atoms with E-state index in [-0.39, 0.29) is 48.2 Å². The van der Waals surface area contributed by atoms with Crippen LogP contribution in [0.1, 0.15) is 57.8 Å². The van der Waals surface area contributed by atoms with Crippen LogP contribution in [0.15, 0.2) is 60.7 Å². The number of piperidine rings is 1. The normalized spacial score (nSPS) is 16.0. The lowest BCUT2D eigenvalue weighted by Crippen LogP contribution is -2.40. The number of amides is 1. The molecule has 0 atom stereocenters. The molecule has 198 valence electrons. The van der Waals surface area contributed by atoms with Gasteiger partial charge in [-0.2, -0.15) is 0 Å². The van der Waals surface area contributed by atoms with Crippen LogP contribution in [0.25, 0.3) is 0 Å². The topological polar surface area (TPSA) is 46.6 Å². The summed E-state index contributed by atoms with van der Waals surface area (Å²) in [5, 5.41) is 0. The Balaban J connectivity index is 1.35. The summed E-state index contributed by atoms with van der Waals surface area (Å²) in [5.41, 5.74) is 4.02. The minimum Gasteiger partial charge on any atom is -0.491 e. The lowest BCUT2D eigenvalue weighted by atomic mass is 9.76. The molecule has 1 amide bonds. The van der Waals surface area contributed by atoms with Crippen molar-refractivity contribution in [2.24, 2.45) is 5.92 Å². The van der Waals surface area contributed by atoms with Gasteiger partial charge in [0.1, 0.15) is 36.4 Å². The van der Waals surface area contributed by atoms with Crippen molar-refractivity contribution >= 4 is 11.7 Å². The van der Waals surface area contributed by atoms with Crippen LogP contribution in [0.4, 0.5) is 13.2 Å². The van der Waals surface area contributed by atoms with E-state index in [9.17, 15) is 22.8 Å². The lowest BCUT2D eigenvalue weighted by molar-refractivity contribution is -0.118. The van der Waals surface area contributed by atoms with E-state index in [0.29, 0.717) is 37.2 Å². The molecular weight excluding hydrogens is 491 g/mol. The van der Waals surface area contributed by atoms with Gasteiger partial charge in [0.25, 0.3) is 5.91 Å². The van der Waals surface area contributed by atoms with Crippen molar-refractivity contribution in [1.82, 2.24) is 4.90 Å². The second kappa shape index (κ2) is 11.4. The molecule has 0 spiro atoms. The largest absolute Gasteiger partial charge is 0.491 e. The standard InChI is InChI=1S/C31H30F3NO3/c32-13-16-38-29-19-24(17-23-18-27(36)9-10-28(23)29)31(37)35-14-11-22(12-15-35)30(20-1-5-25(33)6-2-20)21-3-7-26(34)8-4-21/h1-8,17,19,22,30H,9-16,18H2. The van der Waals surface area contributed by atoms with Crippen LogP contribution in [-0.2, 0) is 17.6 Å². The van der Waals surface area contributed by atoms with E-state index >= 15 is 0 Å². The van der Waals surface area contributed by atoms with Gasteiger partial charge in [0, 0.05) is 37.4 Å². The number of likely N-dealkylation sites (tertiary alicyclic amines) is 1. The van der Waals surface area contributed by atoms with Crippen LogP contribution in [0.5, 0.6) is 5.75 Å². The molecule has 1 saturated heterocycles. The summed E-state index contributed by atoms with van der Waals surface area (Å²) >= 11 is 0. The molecule has 38 heavy (non-hydrogen) atoms. The Morgan fingerprint density at radius 3 is 2.11 bits per heavy atom. The predicted molar refractivity (Wildman–Crippen MR) is 138 cm³/mol. The van der Waals surface area contributed by atoms with Crippen LogP contribution in [0.2, 0.25) is 0 Å².